The van der Waals surface area contributed by atoms with Crippen LogP contribution in [-0.4, -0.2) is 31.8 Å². The van der Waals surface area contributed by atoms with Crippen LogP contribution in [0.25, 0.3) is 0 Å². The van der Waals surface area contributed by atoms with Crippen LogP contribution in [0, 0.1) is 5.92 Å². The summed E-state index contributed by atoms with van der Waals surface area (Å²) in [5, 5.41) is 7.00. The number of aliphatic hydroxyl groups excluding tert-OH is 1. The topological polar surface area (TPSA) is 38.7 Å². The molecule has 0 amide bonds. The Bertz CT molecular complexity index is 404. The molecule has 3 nitrogen and oxygen atoms in total. The van der Waals surface area contributed by atoms with E-state index in [0.717, 1.165) is 40.4 Å². The third-order valence-corrected chi connectivity index (χ3v) is 5.93. The van der Waals surface area contributed by atoms with Gasteiger partial charge < -0.3 is 14.6 Å². The maximum atomic E-state index is 7.00. The first-order valence-electron chi connectivity index (χ1n) is 9.64. The van der Waals surface area contributed by atoms with E-state index in [1.165, 1.54) is 31.2 Å². The lowest BCUT2D eigenvalue weighted by Crippen LogP contribution is -2.18. The van der Waals surface area contributed by atoms with Gasteiger partial charge in [-0.05, 0) is 50.0 Å². The Morgan fingerprint density at radius 1 is 1.00 bits per heavy atom. The van der Waals surface area contributed by atoms with Gasteiger partial charge in [0.25, 0.3) is 0 Å². The molecule has 1 aromatic rings. The summed E-state index contributed by atoms with van der Waals surface area (Å²) in [4.78, 5) is 0. The van der Waals surface area contributed by atoms with E-state index < -0.39 is 0 Å². The van der Waals surface area contributed by atoms with Crippen LogP contribution < -0.4 is 4.74 Å². The average molecular weight is 371 g/mol. The van der Waals surface area contributed by atoms with E-state index in [1.807, 2.05) is 6.92 Å². The normalized spacial score (nSPS) is 14.7. The number of aliphatic hydroxyl groups is 1. The molecule has 0 saturated carbocycles. The Hall–Kier alpha value is -0.630. The minimum Gasteiger partial charge on any atom is -0.465 e. The fraction of sp³-hybridized carbons (Fsp3) is 0.714. The molecule has 0 radical (unpaired) electrons. The molecule has 4 atom stereocenters. The summed E-state index contributed by atoms with van der Waals surface area (Å²) < 4.78 is 11.7. The molecule has 0 aromatic heterocycles. The number of benzene rings is 1. The maximum Gasteiger partial charge on any atom is 0.196 e. The largest absolute Gasteiger partial charge is 0.465 e. The second kappa shape index (κ2) is 15.6. The van der Waals surface area contributed by atoms with Crippen LogP contribution in [0.2, 0.25) is 0 Å². The van der Waals surface area contributed by atoms with E-state index in [1.54, 1.807) is 0 Å². The Balaban J connectivity index is 0.00000277. The molecule has 0 saturated heterocycles. The fourth-order valence-electron chi connectivity index (χ4n) is 2.97. The molecule has 0 heterocycles. The van der Waals surface area contributed by atoms with Crippen molar-refractivity contribution in [1.29, 1.82) is 0 Å². The minimum atomic E-state index is -0.185. The van der Waals surface area contributed by atoms with Gasteiger partial charge in [0.05, 0.1) is 6.61 Å². The maximum absolute atomic E-state index is 7.00. The summed E-state index contributed by atoms with van der Waals surface area (Å²) in [5.41, 5.74) is 2.10. The lowest BCUT2D eigenvalue weighted by Gasteiger charge is -2.19. The summed E-state index contributed by atoms with van der Waals surface area (Å²) in [5.74, 6) is 1.68. The van der Waals surface area contributed by atoms with Gasteiger partial charge in [0, 0.05) is 12.8 Å². The van der Waals surface area contributed by atoms with Crippen molar-refractivity contribution in [2.45, 2.75) is 71.7 Å². The van der Waals surface area contributed by atoms with Crippen molar-refractivity contribution in [1.82, 2.24) is 0 Å². The zero-order valence-corrected chi connectivity index (χ0v) is 18.0. The van der Waals surface area contributed by atoms with Crippen LogP contribution in [-0.2, 0) is 4.74 Å². The predicted molar refractivity (Wildman–Crippen MR) is 111 cm³/mol. The first kappa shape index (κ1) is 24.4. The van der Waals surface area contributed by atoms with E-state index in [-0.39, 0.29) is 6.29 Å². The van der Waals surface area contributed by atoms with E-state index in [2.05, 4.69) is 51.7 Å². The highest BCUT2D eigenvalue weighted by Crippen LogP contribution is 2.35. The number of hydrogen-bond acceptors (Lipinski definition) is 3. The summed E-state index contributed by atoms with van der Waals surface area (Å²) in [7, 11) is 1.95. The second-order valence-corrected chi connectivity index (χ2v) is 7.50. The molecule has 0 spiro atoms. The highest BCUT2D eigenvalue weighted by atomic mass is 31.1. The Morgan fingerprint density at radius 3 is 2.12 bits per heavy atom. The van der Waals surface area contributed by atoms with Crippen molar-refractivity contribution in [2.24, 2.45) is 5.92 Å². The van der Waals surface area contributed by atoms with Crippen molar-refractivity contribution in [2.75, 3.05) is 20.4 Å². The van der Waals surface area contributed by atoms with Crippen LogP contribution in [0.15, 0.2) is 24.3 Å². The van der Waals surface area contributed by atoms with Crippen LogP contribution >= 0.6 is 8.58 Å². The number of hydrogen-bond donors (Lipinski definition) is 1. The second-order valence-electron chi connectivity index (χ2n) is 6.23. The highest BCUT2D eigenvalue weighted by molar-refractivity contribution is 7.37. The molecule has 0 aliphatic carbocycles. The molecule has 0 aliphatic heterocycles. The highest BCUT2D eigenvalue weighted by Gasteiger charge is 2.10. The van der Waals surface area contributed by atoms with Gasteiger partial charge in [0.15, 0.2) is 6.29 Å². The summed E-state index contributed by atoms with van der Waals surface area (Å²) in [6.07, 6.45) is 5.94. The Kier molecular flexibility index (Phi) is 15.2. The average Bonchev–Trinajstić information content (AvgIpc) is 2.65. The Morgan fingerprint density at radius 2 is 1.64 bits per heavy atom. The molecule has 0 fully saturated rings. The smallest absolute Gasteiger partial charge is 0.196 e. The minimum absolute atomic E-state index is 0.185. The van der Waals surface area contributed by atoms with Crippen molar-refractivity contribution in [3.63, 3.8) is 0 Å². The van der Waals surface area contributed by atoms with Crippen molar-refractivity contribution >= 4 is 8.58 Å². The summed E-state index contributed by atoms with van der Waals surface area (Å²) >= 11 is 0. The van der Waals surface area contributed by atoms with Crippen molar-refractivity contribution < 1.29 is 14.6 Å². The van der Waals surface area contributed by atoms with Gasteiger partial charge in [0.1, 0.15) is 5.75 Å². The first-order valence-corrected chi connectivity index (χ1v) is 11.2. The van der Waals surface area contributed by atoms with E-state index >= 15 is 0 Å². The third-order valence-electron chi connectivity index (χ3n) is 4.49. The van der Waals surface area contributed by atoms with Gasteiger partial charge in [-0.3, -0.25) is 0 Å². The number of rotatable bonds is 12. The van der Waals surface area contributed by atoms with Crippen molar-refractivity contribution in [3.8, 4) is 5.75 Å². The molecular formula is C21H39O3P. The van der Waals surface area contributed by atoms with Gasteiger partial charge >= 0.3 is 0 Å². The van der Waals surface area contributed by atoms with E-state index in [9.17, 15) is 0 Å². The zero-order valence-electron chi connectivity index (χ0n) is 17.0. The molecule has 25 heavy (non-hydrogen) atoms. The van der Waals surface area contributed by atoms with Gasteiger partial charge in [-0.2, -0.15) is 0 Å². The van der Waals surface area contributed by atoms with Crippen LogP contribution in [0.5, 0.6) is 5.75 Å². The lowest BCUT2D eigenvalue weighted by molar-refractivity contribution is -0.0706. The van der Waals surface area contributed by atoms with E-state index in [4.69, 9.17) is 14.6 Å². The fourth-order valence-corrected chi connectivity index (χ4v) is 3.91. The lowest BCUT2D eigenvalue weighted by atomic mass is 9.98. The monoisotopic (exact) mass is 370 g/mol. The molecule has 1 rings (SSSR count). The van der Waals surface area contributed by atoms with Gasteiger partial charge in [0.2, 0.25) is 0 Å². The molecule has 4 heteroatoms. The molecule has 0 bridgehead atoms. The molecule has 146 valence electrons. The van der Waals surface area contributed by atoms with Crippen LogP contribution in [0.1, 0.15) is 71.0 Å². The first-order chi connectivity index (χ1) is 12.1. The molecule has 1 N–H and O–H groups in total. The van der Waals surface area contributed by atoms with Crippen molar-refractivity contribution in [3.05, 3.63) is 29.8 Å². The summed E-state index contributed by atoms with van der Waals surface area (Å²) in [6, 6.07) is 8.54. The van der Waals surface area contributed by atoms with Crippen LogP contribution in [0.3, 0.4) is 0 Å². The van der Waals surface area contributed by atoms with Gasteiger partial charge in [-0.1, -0.05) is 52.2 Å². The summed E-state index contributed by atoms with van der Waals surface area (Å²) in [6.45, 7) is 11.8. The predicted octanol–water partition coefficient (Wildman–Crippen LogP) is 6.01. The zero-order chi connectivity index (χ0) is 19.1. The number of ether oxygens (including phenoxy) is 2. The van der Waals surface area contributed by atoms with Gasteiger partial charge in [-0.25, -0.2) is 0 Å². The molecule has 1 aromatic carbocycles. The quantitative estimate of drug-likeness (QED) is 0.361. The van der Waals surface area contributed by atoms with E-state index in [0.29, 0.717) is 5.66 Å². The third kappa shape index (κ3) is 10.2. The molecular weight excluding hydrogens is 331 g/mol. The van der Waals surface area contributed by atoms with Crippen LogP contribution in [0.4, 0.5) is 0 Å². The molecule has 4 unspecified atom stereocenters. The standard InChI is InChI=1S/C20H35O2P.CH4O/c1-6-9-17(7-2)14-15-21-16(4)22-19-12-10-18(11-13-19)20(8-3)23-5;1-2/h10-13,16-17,20,23H,6-9,14-15H2,1-5H3;2H,1H3. The SMILES string of the molecule is CCCC(CC)CCOC(C)Oc1ccc(C(CC)PC)cc1.CO. The van der Waals surface area contributed by atoms with Gasteiger partial charge in [-0.15, -0.1) is 8.58 Å². The molecule has 0 aliphatic rings. The Labute approximate surface area is 157 Å².